The molecule has 0 spiro atoms. The molecule has 0 aliphatic heterocycles. The molecule has 0 fully saturated rings. The summed E-state index contributed by atoms with van der Waals surface area (Å²) in [6.07, 6.45) is 1.44. The quantitative estimate of drug-likeness (QED) is 0.553. The molecule has 4 aromatic rings. The van der Waals surface area contributed by atoms with Gasteiger partial charge in [0.1, 0.15) is 11.8 Å². The van der Waals surface area contributed by atoms with Gasteiger partial charge in [-0.1, -0.05) is 13.8 Å². The highest BCUT2D eigenvalue weighted by Crippen LogP contribution is 2.24. The Hall–Kier alpha value is -3.88. The van der Waals surface area contributed by atoms with Crippen LogP contribution in [0, 0.1) is 0 Å². The van der Waals surface area contributed by atoms with E-state index in [1.54, 1.807) is 49.5 Å². The fourth-order valence-electron chi connectivity index (χ4n) is 2.80. The molecule has 9 nitrogen and oxygen atoms in total. The molecule has 2 aromatic heterocycles. The number of oxazole rings is 1. The summed E-state index contributed by atoms with van der Waals surface area (Å²) < 4.78 is 8.34. The molecule has 2 aromatic carbocycles. The lowest BCUT2D eigenvalue weighted by atomic mass is 10.2. The summed E-state index contributed by atoms with van der Waals surface area (Å²) >= 11 is 0. The van der Waals surface area contributed by atoms with Crippen molar-refractivity contribution in [3.8, 4) is 5.69 Å². The third kappa shape index (κ3) is 3.75. The highest BCUT2D eigenvalue weighted by molar-refractivity contribution is 6.00. The van der Waals surface area contributed by atoms with Crippen LogP contribution in [-0.2, 0) is 7.05 Å². The SMILES string of the molecule is CC(C)c1nc2cc(NC(=O)Nc3ccc(-n4ncn(C)c4=O)cc3)ccc2o1. The maximum atomic E-state index is 12.3. The first-order valence-corrected chi connectivity index (χ1v) is 9.10. The number of rotatable bonds is 4. The molecule has 29 heavy (non-hydrogen) atoms. The molecule has 0 radical (unpaired) electrons. The van der Waals surface area contributed by atoms with Gasteiger partial charge in [-0.05, 0) is 42.5 Å². The molecular formula is C20H20N6O3. The van der Waals surface area contributed by atoms with E-state index in [9.17, 15) is 9.59 Å². The van der Waals surface area contributed by atoms with Gasteiger partial charge in [0.15, 0.2) is 11.5 Å². The molecule has 2 N–H and O–H groups in total. The van der Waals surface area contributed by atoms with Crippen LogP contribution in [0.4, 0.5) is 16.2 Å². The first-order chi connectivity index (χ1) is 13.9. The van der Waals surface area contributed by atoms with E-state index < -0.39 is 0 Å². The molecule has 0 aliphatic carbocycles. The number of fused-ring (bicyclic) bond motifs is 1. The van der Waals surface area contributed by atoms with E-state index in [4.69, 9.17) is 4.42 Å². The fourth-order valence-corrected chi connectivity index (χ4v) is 2.80. The first-order valence-electron chi connectivity index (χ1n) is 9.10. The number of urea groups is 1. The van der Waals surface area contributed by atoms with Gasteiger partial charge in [-0.15, -0.1) is 0 Å². The van der Waals surface area contributed by atoms with E-state index in [1.165, 1.54) is 15.6 Å². The van der Waals surface area contributed by atoms with E-state index >= 15 is 0 Å². The standard InChI is InChI=1S/C20H20N6O3/c1-12(2)18-24-16-10-14(6-9-17(16)29-18)23-19(27)22-13-4-7-15(8-5-13)26-20(28)25(3)11-21-26/h4-12H,1-3H3,(H2,22,23,27). The number of nitrogens with zero attached hydrogens (tertiary/aromatic N) is 4. The second-order valence-corrected chi connectivity index (χ2v) is 6.95. The number of anilines is 2. The zero-order chi connectivity index (χ0) is 20.5. The van der Waals surface area contributed by atoms with Gasteiger partial charge in [-0.25, -0.2) is 14.6 Å². The Morgan fingerprint density at radius 1 is 1.07 bits per heavy atom. The minimum atomic E-state index is -0.389. The van der Waals surface area contributed by atoms with Gasteiger partial charge >= 0.3 is 11.7 Å². The van der Waals surface area contributed by atoms with Crippen LogP contribution < -0.4 is 16.3 Å². The van der Waals surface area contributed by atoms with Crippen LogP contribution in [0.5, 0.6) is 0 Å². The third-order valence-electron chi connectivity index (χ3n) is 4.35. The summed E-state index contributed by atoms with van der Waals surface area (Å²) in [5.74, 6) is 0.848. The van der Waals surface area contributed by atoms with Gasteiger partial charge in [0.05, 0.1) is 5.69 Å². The third-order valence-corrected chi connectivity index (χ3v) is 4.35. The number of carbonyl (C=O) groups is 1. The van der Waals surface area contributed by atoms with Crippen molar-refractivity contribution in [3.05, 3.63) is 65.2 Å². The van der Waals surface area contributed by atoms with Gasteiger partial charge < -0.3 is 15.1 Å². The van der Waals surface area contributed by atoms with Crippen LogP contribution in [0.25, 0.3) is 16.8 Å². The summed E-state index contributed by atoms with van der Waals surface area (Å²) in [6.45, 7) is 4.01. The molecule has 148 valence electrons. The Labute approximate surface area is 166 Å². The molecule has 9 heteroatoms. The average Bonchev–Trinajstić information content (AvgIpc) is 3.26. The molecule has 0 bridgehead atoms. The monoisotopic (exact) mass is 392 g/mol. The molecule has 2 heterocycles. The van der Waals surface area contributed by atoms with Crippen molar-refractivity contribution in [2.45, 2.75) is 19.8 Å². The van der Waals surface area contributed by atoms with Crippen LogP contribution in [0.2, 0.25) is 0 Å². The highest BCUT2D eigenvalue weighted by atomic mass is 16.3. The van der Waals surface area contributed by atoms with Crippen molar-refractivity contribution in [2.24, 2.45) is 7.05 Å². The summed E-state index contributed by atoms with van der Waals surface area (Å²) in [5, 5.41) is 9.55. The molecule has 2 amide bonds. The minimum absolute atomic E-state index is 0.187. The number of amides is 2. The van der Waals surface area contributed by atoms with Gasteiger partial charge in [0.2, 0.25) is 0 Å². The number of nitrogens with one attached hydrogen (secondary N) is 2. The van der Waals surface area contributed by atoms with Gasteiger partial charge in [0, 0.05) is 24.3 Å². The Morgan fingerprint density at radius 2 is 1.76 bits per heavy atom. The van der Waals surface area contributed by atoms with Crippen LogP contribution in [0.1, 0.15) is 25.7 Å². The zero-order valence-electron chi connectivity index (χ0n) is 16.2. The van der Waals surface area contributed by atoms with Crippen molar-refractivity contribution in [1.82, 2.24) is 19.3 Å². The van der Waals surface area contributed by atoms with Crippen molar-refractivity contribution >= 4 is 28.5 Å². The zero-order valence-corrected chi connectivity index (χ0v) is 16.2. The topological polar surface area (TPSA) is 107 Å². The smallest absolute Gasteiger partial charge is 0.350 e. The van der Waals surface area contributed by atoms with Crippen LogP contribution in [-0.4, -0.2) is 25.4 Å². The van der Waals surface area contributed by atoms with Crippen LogP contribution in [0.3, 0.4) is 0 Å². The molecule has 4 rings (SSSR count). The van der Waals surface area contributed by atoms with Crippen LogP contribution in [0.15, 0.2) is 58.0 Å². The van der Waals surface area contributed by atoms with Crippen LogP contribution >= 0.6 is 0 Å². The summed E-state index contributed by atoms with van der Waals surface area (Å²) in [4.78, 5) is 28.7. The molecular weight excluding hydrogens is 372 g/mol. The highest BCUT2D eigenvalue weighted by Gasteiger charge is 2.11. The Morgan fingerprint density at radius 3 is 2.41 bits per heavy atom. The molecule has 0 aliphatic rings. The van der Waals surface area contributed by atoms with E-state index in [1.807, 2.05) is 13.8 Å². The van der Waals surface area contributed by atoms with Crippen molar-refractivity contribution in [3.63, 3.8) is 0 Å². The van der Waals surface area contributed by atoms with E-state index in [0.29, 0.717) is 34.1 Å². The fraction of sp³-hybridized carbons (Fsp3) is 0.200. The predicted octanol–water partition coefficient (Wildman–Crippen LogP) is 3.48. The summed E-state index contributed by atoms with van der Waals surface area (Å²) in [7, 11) is 1.63. The largest absolute Gasteiger partial charge is 0.440 e. The van der Waals surface area contributed by atoms with Crippen molar-refractivity contribution in [2.75, 3.05) is 10.6 Å². The normalized spacial score (nSPS) is 11.2. The number of benzene rings is 2. The molecule has 0 unspecified atom stereocenters. The maximum absolute atomic E-state index is 12.3. The lowest BCUT2D eigenvalue weighted by Crippen LogP contribution is -2.21. The minimum Gasteiger partial charge on any atom is -0.440 e. The average molecular weight is 392 g/mol. The van der Waals surface area contributed by atoms with Gasteiger partial charge in [0.25, 0.3) is 0 Å². The number of hydrogen-bond acceptors (Lipinski definition) is 5. The number of hydrogen-bond donors (Lipinski definition) is 2. The molecule has 0 saturated carbocycles. The van der Waals surface area contributed by atoms with E-state index in [-0.39, 0.29) is 17.6 Å². The second-order valence-electron chi connectivity index (χ2n) is 6.95. The number of aromatic nitrogens is 4. The van der Waals surface area contributed by atoms with Gasteiger partial charge in [-0.3, -0.25) is 4.57 Å². The Kier molecular flexibility index (Phi) is 4.63. The molecule has 0 saturated heterocycles. The predicted molar refractivity (Wildman–Crippen MR) is 110 cm³/mol. The number of carbonyl (C=O) groups excluding carboxylic acids is 1. The second kappa shape index (κ2) is 7.27. The Bertz CT molecular complexity index is 1230. The number of aryl methyl sites for hydroxylation is 1. The van der Waals surface area contributed by atoms with E-state index in [0.717, 1.165) is 0 Å². The van der Waals surface area contributed by atoms with Gasteiger partial charge in [-0.2, -0.15) is 9.78 Å². The summed E-state index contributed by atoms with van der Waals surface area (Å²) in [5.41, 5.74) is 2.93. The van der Waals surface area contributed by atoms with Crippen molar-refractivity contribution < 1.29 is 9.21 Å². The lowest BCUT2D eigenvalue weighted by molar-refractivity contribution is 0.262. The summed E-state index contributed by atoms with van der Waals surface area (Å²) in [6, 6.07) is 11.7. The first kappa shape index (κ1) is 18.5. The Balaban J connectivity index is 1.45. The van der Waals surface area contributed by atoms with Crippen molar-refractivity contribution in [1.29, 1.82) is 0 Å². The lowest BCUT2D eigenvalue weighted by Gasteiger charge is -2.08. The van der Waals surface area contributed by atoms with E-state index in [2.05, 4.69) is 20.7 Å². The maximum Gasteiger partial charge on any atom is 0.350 e. The molecule has 0 atom stereocenters.